The van der Waals surface area contributed by atoms with Crippen LogP contribution in [0.15, 0.2) is 0 Å². The smallest absolute Gasteiger partial charge is 0.205 e. The largest absolute Gasteiger partial charge is 0.363 e. The summed E-state index contributed by atoms with van der Waals surface area (Å²) in [4.78, 5) is 2.33. The summed E-state index contributed by atoms with van der Waals surface area (Å²) in [6.45, 7) is 2.13. The Bertz CT molecular complexity index is 295. The molecule has 0 unspecified atom stereocenters. The molecule has 1 aromatic heterocycles. The van der Waals surface area contributed by atoms with E-state index in [1.54, 1.807) is 11.3 Å². The fraction of sp³-hybridized carbons (Fsp3) is 0.778. The number of rotatable bonds is 5. The lowest BCUT2D eigenvalue weighted by atomic mass is 10.4. The van der Waals surface area contributed by atoms with Crippen molar-refractivity contribution in [2.75, 3.05) is 26.0 Å². The van der Waals surface area contributed by atoms with Crippen molar-refractivity contribution in [2.24, 2.45) is 5.92 Å². The highest BCUT2D eigenvalue weighted by molar-refractivity contribution is 7.15. The Kier molecular flexibility index (Phi) is 2.98. The second-order valence-electron chi connectivity index (χ2n) is 3.89. The molecule has 78 valence electrons. The van der Waals surface area contributed by atoms with E-state index in [0.717, 1.165) is 22.6 Å². The van der Waals surface area contributed by atoms with E-state index < -0.39 is 0 Å². The van der Waals surface area contributed by atoms with E-state index in [1.165, 1.54) is 19.4 Å². The van der Waals surface area contributed by atoms with Gasteiger partial charge in [-0.15, -0.1) is 10.2 Å². The van der Waals surface area contributed by atoms with E-state index in [0.29, 0.717) is 0 Å². The lowest BCUT2D eigenvalue weighted by molar-refractivity contribution is 0.312. The first-order valence-electron chi connectivity index (χ1n) is 4.96. The zero-order valence-electron chi connectivity index (χ0n) is 8.66. The monoisotopic (exact) mass is 212 g/mol. The van der Waals surface area contributed by atoms with Crippen LogP contribution < -0.4 is 5.32 Å². The van der Waals surface area contributed by atoms with Crippen LogP contribution in [0.3, 0.4) is 0 Å². The zero-order valence-corrected chi connectivity index (χ0v) is 9.47. The Balaban J connectivity index is 1.82. The Morgan fingerprint density at radius 2 is 2.29 bits per heavy atom. The molecule has 1 fully saturated rings. The maximum atomic E-state index is 4.12. The van der Waals surface area contributed by atoms with Crippen molar-refractivity contribution in [1.29, 1.82) is 0 Å². The third kappa shape index (κ3) is 2.65. The number of anilines is 1. The standard InChI is InChI=1S/C9H16N4S/c1-10-9-12-11-8(14-9)6-13(2)5-7-3-4-7/h7H,3-6H2,1-2H3,(H,10,12). The van der Waals surface area contributed by atoms with Gasteiger partial charge < -0.3 is 5.32 Å². The van der Waals surface area contributed by atoms with Gasteiger partial charge in [0.25, 0.3) is 0 Å². The van der Waals surface area contributed by atoms with Crippen molar-refractivity contribution in [3.8, 4) is 0 Å². The van der Waals surface area contributed by atoms with Crippen molar-refractivity contribution in [1.82, 2.24) is 15.1 Å². The SMILES string of the molecule is CNc1nnc(CN(C)CC2CC2)s1. The average Bonchev–Trinajstić information content (AvgIpc) is 2.83. The Morgan fingerprint density at radius 3 is 2.86 bits per heavy atom. The molecule has 14 heavy (non-hydrogen) atoms. The van der Waals surface area contributed by atoms with Gasteiger partial charge in [-0.05, 0) is 25.8 Å². The Labute approximate surface area is 88.3 Å². The maximum Gasteiger partial charge on any atom is 0.205 e. The molecule has 5 heteroatoms. The predicted molar refractivity (Wildman–Crippen MR) is 58.5 cm³/mol. The first-order chi connectivity index (χ1) is 6.78. The Morgan fingerprint density at radius 1 is 1.50 bits per heavy atom. The topological polar surface area (TPSA) is 41.1 Å². The van der Waals surface area contributed by atoms with Crippen LogP contribution in [0.25, 0.3) is 0 Å². The number of hydrogen-bond donors (Lipinski definition) is 1. The number of hydrogen-bond acceptors (Lipinski definition) is 5. The molecule has 2 rings (SSSR count). The second kappa shape index (κ2) is 4.23. The molecule has 0 aromatic carbocycles. The molecule has 0 atom stereocenters. The predicted octanol–water partition coefficient (Wildman–Crippen LogP) is 1.42. The van der Waals surface area contributed by atoms with E-state index in [1.807, 2.05) is 7.05 Å². The van der Waals surface area contributed by atoms with Crippen molar-refractivity contribution in [3.63, 3.8) is 0 Å². The molecule has 1 N–H and O–H groups in total. The fourth-order valence-electron chi connectivity index (χ4n) is 1.46. The number of nitrogens with one attached hydrogen (secondary N) is 1. The minimum Gasteiger partial charge on any atom is -0.363 e. The molecule has 1 aromatic rings. The third-order valence-electron chi connectivity index (χ3n) is 2.35. The van der Waals surface area contributed by atoms with Crippen LogP contribution in [-0.4, -0.2) is 35.7 Å². The molecule has 0 aliphatic heterocycles. The molecule has 0 amide bonds. The number of aromatic nitrogens is 2. The van der Waals surface area contributed by atoms with Gasteiger partial charge in [-0.25, -0.2) is 0 Å². The van der Waals surface area contributed by atoms with Crippen molar-refractivity contribution >= 4 is 16.5 Å². The van der Waals surface area contributed by atoms with E-state index in [-0.39, 0.29) is 0 Å². The van der Waals surface area contributed by atoms with Crippen LogP contribution in [0.2, 0.25) is 0 Å². The normalized spacial score (nSPS) is 16.2. The van der Waals surface area contributed by atoms with Gasteiger partial charge in [0, 0.05) is 13.6 Å². The zero-order chi connectivity index (χ0) is 9.97. The van der Waals surface area contributed by atoms with Crippen LogP contribution >= 0.6 is 11.3 Å². The average molecular weight is 212 g/mol. The molecule has 1 aliphatic carbocycles. The maximum absolute atomic E-state index is 4.12. The molecule has 1 aliphatic rings. The highest BCUT2D eigenvalue weighted by Gasteiger charge is 2.23. The highest BCUT2D eigenvalue weighted by Crippen LogP contribution is 2.29. The summed E-state index contributed by atoms with van der Waals surface area (Å²) in [5, 5.41) is 13.1. The third-order valence-corrected chi connectivity index (χ3v) is 3.28. The molecule has 1 saturated carbocycles. The van der Waals surface area contributed by atoms with Crippen LogP contribution in [0.4, 0.5) is 5.13 Å². The fourth-order valence-corrected chi connectivity index (χ4v) is 2.23. The van der Waals surface area contributed by atoms with Crippen LogP contribution in [0.5, 0.6) is 0 Å². The lowest BCUT2D eigenvalue weighted by Gasteiger charge is -2.13. The molecule has 0 spiro atoms. The van der Waals surface area contributed by atoms with E-state index in [2.05, 4.69) is 27.5 Å². The van der Waals surface area contributed by atoms with Crippen LogP contribution in [0, 0.1) is 5.92 Å². The van der Waals surface area contributed by atoms with Gasteiger partial charge in [0.15, 0.2) is 0 Å². The van der Waals surface area contributed by atoms with Crippen molar-refractivity contribution < 1.29 is 0 Å². The molecule has 0 bridgehead atoms. The summed E-state index contributed by atoms with van der Waals surface area (Å²) in [6, 6.07) is 0. The molecule has 0 saturated heterocycles. The summed E-state index contributed by atoms with van der Waals surface area (Å²) in [5.74, 6) is 0.941. The summed E-state index contributed by atoms with van der Waals surface area (Å²) < 4.78 is 0. The quantitative estimate of drug-likeness (QED) is 0.801. The van der Waals surface area contributed by atoms with E-state index >= 15 is 0 Å². The lowest BCUT2D eigenvalue weighted by Crippen LogP contribution is -2.20. The van der Waals surface area contributed by atoms with Gasteiger partial charge >= 0.3 is 0 Å². The minimum atomic E-state index is 0.903. The minimum absolute atomic E-state index is 0.903. The van der Waals surface area contributed by atoms with Gasteiger partial charge in [-0.3, -0.25) is 4.90 Å². The molecular formula is C9H16N4S. The highest BCUT2D eigenvalue weighted by atomic mass is 32.1. The first kappa shape index (κ1) is 9.86. The number of nitrogens with zero attached hydrogens (tertiary/aromatic N) is 3. The molecular weight excluding hydrogens is 196 g/mol. The Hall–Kier alpha value is -0.680. The molecule has 4 nitrogen and oxygen atoms in total. The summed E-state index contributed by atoms with van der Waals surface area (Å²) in [7, 11) is 4.02. The van der Waals surface area contributed by atoms with Gasteiger partial charge in [-0.2, -0.15) is 0 Å². The summed E-state index contributed by atoms with van der Waals surface area (Å²) in [5.41, 5.74) is 0. The molecule has 1 heterocycles. The summed E-state index contributed by atoms with van der Waals surface area (Å²) >= 11 is 1.63. The summed E-state index contributed by atoms with van der Waals surface area (Å²) in [6.07, 6.45) is 2.81. The van der Waals surface area contributed by atoms with Gasteiger partial charge in [0.2, 0.25) is 5.13 Å². The first-order valence-corrected chi connectivity index (χ1v) is 5.78. The van der Waals surface area contributed by atoms with Crippen LogP contribution in [0.1, 0.15) is 17.8 Å². The van der Waals surface area contributed by atoms with Gasteiger partial charge in [0.05, 0.1) is 6.54 Å². The second-order valence-corrected chi connectivity index (χ2v) is 4.95. The van der Waals surface area contributed by atoms with E-state index in [4.69, 9.17) is 0 Å². The van der Waals surface area contributed by atoms with Crippen molar-refractivity contribution in [2.45, 2.75) is 19.4 Å². The van der Waals surface area contributed by atoms with Gasteiger partial charge in [0.1, 0.15) is 5.01 Å². The van der Waals surface area contributed by atoms with Gasteiger partial charge in [-0.1, -0.05) is 11.3 Å². The van der Waals surface area contributed by atoms with E-state index in [9.17, 15) is 0 Å². The molecule has 0 radical (unpaired) electrons. The van der Waals surface area contributed by atoms with Crippen LogP contribution in [-0.2, 0) is 6.54 Å². The van der Waals surface area contributed by atoms with Crippen molar-refractivity contribution in [3.05, 3.63) is 5.01 Å².